The molecule has 4 aromatic rings. The van der Waals surface area contributed by atoms with Crippen molar-refractivity contribution in [2.45, 2.75) is 13.2 Å². The normalized spacial score (nSPS) is 14.8. The summed E-state index contributed by atoms with van der Waals surface area (Å²) in [5.41, 5.74) is 2.88. The fourth-order valence-corrected chi connectivity index (χ4v) is 5.65. The van der Waals surface area contributed by atoms with Crippen molar-refractivity contribution in [1.82, 2.24) is 4.90 Å². The maximum absolute atomic E-state index is 13.1. The van der Waals surface area contributed by atoms with Crippen molar-refractivity contribution in [2.75, 3.05) is 0 Å². The van der Waals surface area contributed by atoms with Crippen molar-refractivity contribution in [3.8, 4) is 5.75 Å². The van der Waals surface area contributed by atoms with Crippen LogP contribution in [0.15, 0.2) is 94.3 Å². The number of nitrogens with zero attached hydrogens (tertiary/aromatic N) is 1. The zero-order valence-electron chi connectivity index (χ0n) is 18.4. The van der Waals surface area contributed by atoms with Gasteiger partial charge in [-0.15, -0.1) is 0 Å². The quantitative estimate of drug-likeness (QED) is 0.156. The average Bonchev–Trinajstić information content (AvgIpc) is 3.12. The highest BCUT2D eigenvalue weighted by Crippen LogP contribution is 2.35. The van der Waals surface area contributed by atoms with E-state index >= 15 is 0 Å². The van der Waals surface area contributed by atoms with Crippen molar-refractivity contribution in [3.63, 3.8) is 0 Å². The lowest BCUT2D eigenvalue weighted by atomic mass is 10.0. The second kappa shape index (κ2) is 10.6. The van der Waals surface area contributed by atoms with E-state index in [1.807, 2.05) is 84.9 Å². The summed E-state index contributed by atoms with van der Waals surface area (Å²) < 4.78 is 7.93. The van der Waals surface area contributed by atoms with Crippen LogP contribution in [0.1, 0.15) is 16.7 Å². The van der Waals surface area contributed by atoms with Crippen LogP contribution in [0.25, 0.3) is 16.8 Å². The fourth-order valence-electron chi connectivity index (χ4n) is 3.85. The lowest BCUT2D eigenvalue weighted by Gasteiger charge is -2.14. The number of benzene rings is 4. The molecule has 1 aliphatic heterocycles. The third-order valence-corrected chi connectivity index (χ3v) is 7.92. The number of fused-ring (bicyclic) bond motifs is 1. The van der Waals surface area contributed by atoms with E-state index in [0.29, 0.717) is 11.5 Å². The molecule has 5 rings (SSSR count). The molecule has 0 saturated carbocycles. The van der Waals surface area contributed by atoms with Crippen LogP contribution in [0.5, 0.6) is 5.75 Å². The number of halogens is 2. The summed E-state index contributed by atoms with van der Waals surface area (Å²) in [7, 11) is 0. The van der Waals surface area contributed by atoms with Gasteiger partial charge in [-0.3, -0.25) is 14.5 Å². The van der Waals surface area contributed by atoms with Crippen LogP contribution in [0.3, 0.4) is 0 Å². The molecule has 0 N–H and O–H groups in total. The minimum Gasteiger partial charge on any atom is -0.488 e. The van der Waals surface area contributed by atoms with Gasteiger partial charge in [0.25, 0.3) is 11.1 Å². The average molecular weight is 656 g/mol. The largest absolute Gasteiger partial charge is 0.488 e. The molecular weight excluding hydrogens is 637 g/mol. The molecule has 0 aliphatic carbocycles. The van der Waals surface area contributed by atoms with E-state index in [1.165, 1.54) is 4.90 Å². The van der Waals surface area contributed by atoms with Crippen LogP contribution in [0.2, 0.25) is 0 Å². The van der Waals surface area contributed by atoms with Gasteiger partial charge in [0.15, 0.2) is 0 Å². The highest BCUT2D eigenvalue weighted by Gasteiger charge is 2.35. The number of carbonyl (C=O) groups is 2. The maximum Gasteiger partial charge on any atom is 0.293 e. The van der Waals surface area contributed by atoms with E-state index in [9.17, 15) is 9.59 Å². The van der Waals surface area contributed by atoms with E-state index in [1.54, 1.807) is 6.08 Å². The smallest absolute Gasteiger partial charge is 0.293 e. The second-order valence-electron chi connectivity index (χ2n) is 8.01. The van der Waals surface area contributed by atoms with Crippen molar-refractivity contribution in [1.29, 1.82) is 0 Å². The van der Waals surface area contributed by atoms with Crippen LogP contribution in [0.4, 0.5) is 4.79 Å². The number of carbonyl (C=O) groups excluding carboxylic acids is 2. The zero-order chi connectivity index (χ0) is 24.4. The fraction of sp³-hybridized carbons (Fsp3) is 0.0714. The molecule has 1 fully saturated rings. The van der Waals surface area contributed by atoms with Crippen LogP contribution < -0.4 is 4.74 Å². The molecule has 0 bridgehead atoms. The Balaban J connectivity index is 1.30. The third kappa shape index (κ3) is 5.47. The summed E-state index contributed by atoms with van der Waals surface area (Å²) in [6.07, 6.45) is 1.77. The number of imide groups is 1. The van der Waals surface area contributed by atoms with Gasteiger partial charge in [0.05, 0.1) is 15.0 Å². The van der Waals surface area contributed by atoms with Gasteiger partial charge in [-0.1, -0.05) is 76.6 Å². The number of ether oxygens (including phenoxy) is 1. The van der Waals surface area contributed by atoms with Gasteiger partial charge in [-0.25, -0.2) is 0 Å². The zero-order valence-corrected chi connectivity index (χ0v) is 23.0. The summed E-state index contributed by atoms with van der Waals surface area (Å²) in [4.78, 5) is 27.5. The number of hydrogen-bond donors (Lipinski definition) is 0. The molecule has 174 valence electrons. The molecule has 0 spiro atoms. The number of rotatable bonds is 6. The van der Waals surface area contributed by atoms with Crippen molar-refractivity contribution in [3.05, 3.63) is 115 Å². The molecule has 1 aliphatic rings. The summed E-state index contributed by atoms with van der Waals surface area (Å²) in [6.45, 7) is 0.722. The maximum atomic E-state index is 13.1. The van der Waals surface area contributed by atoms with Crippen LogP contribution in [-0.2, 0) is 17.9 Å². The molecule has 4 aromatic carbocycles. The summed E-state index contributed by atoms with van der Waals surface area (Å²) in [6, 6.07) is 27.7. The molecule has 0 aromatic heterocycles. The standard InChI is InChI=1S/C28H19BrINO3S/c29-22-11-8-18(9-12-22)17-34-25-13-10-19(14-24(25)30)15-26-27(32)31(28(33)35-26)16-21-6-3-5-20-4-1-2-7-23(20)21/h1-15H,16-17H2/b26-15+. The molecule has 7 heteroatoms. The molecule has 0 unspecified atom stereocenters. The molecule has 0 radical (unpaired) electrons. The van der Waals surface area contributed by atoms with E-state index < -0.39 is 0 Å². The Morgan fingerprint density at radius 2 is 1.71 bits per heavy atom. The molecule has 0 atom stereocenters. The Kier molecular flexibility index (Phi) is 7.27. The minimum atomic E-state index is -0.265. The van der Waals surface area contributed by atoms with Crippen molar-refractivity contribution >= 4 is 78.3 Å². The highest BCUT2D eigenvalue weighted by atomic mass is 127. The predicted octanol–water partition coefficient (Wildman–Crippen LogP) is 8.02. The first-order valence-corrected chi connectivity index (χ1v) is 13.6. The first kappa shape index (κ1) is 24.1. The molecule has 2 amide bonds. The minimum absolute atomic E-state index is 0.252. The number of amides is 2. The Morgan fingerprint density at radius 3 is 2.51 bits per heavy atom. The van der Waals surface area contributed by atoms with E-state index in [2.05, 4.69) is 38.5 Å². The van der Waals surface area contributed by atoms with Crippen molar-refractivity contribution in [2.24, 2.45) is 0 Å². The summed E-state index contributed by atoms with van der Waals surface area (Å²) >= 11 is 6.64. The molecule has 1 saturated heterocycles. The molecule has 1 heterocycles. The van der Waals surface area contributed by atoms with Crippen molar-refractivity contribution < 1.29 is 14.3 Å². The monoisotopic (exact) mass is 655 g/mol. The highest BCUT2D eigenvalue weighted by molar-refractivity contribution is 14.1. The molecule has 35 heavy (non-hydrogen) atoms. The molecule has 4 nitrogen and oxygen atoms in total. The Labute approximate surface area is 229 Å². The van der Waals surface area contributed by atoms with Crippen LogP contribution in [0, 0.1) is 3.57 Å². The second-order valence-corrected chi connectivity index (χ2v) is 11.1. The SMILES string of the molecule is O=C1S/C(=C/c2ccc(OCc3ccc(Br)cc3)c(I)c2)C(=O)N1Cc1cccc2ccccc12. The van der Waals surface area contributed by atoms with Gasteiger partial charge in [-0.05, 0) is 92.2 Å². The van der Waals surface area contributed by atoms with Gasteiger partial charge in [0, 0.05) is 4.47 Å². The molecular formula is C28H19BrINO3S. The number of thioether (sulfide) groups is 1. The summed E-state index contributed by atoms with van der Waals surface area (Å²) in [5, 5.41) is 1.88. The van der Waals surface area contributed by atoms with Gasteiger partial charge < -0.3 is 4.74 Å². The first-order chi connectivity index (χ1) is 17.0. The third-order valence-electron chi connectivity index (χ3n) is 5.64. The topological polar surface area (TPSA) is 46.6 Å². The number of hydrogen-bond acceptors (Lipinski definition) is 4. The van der Waals surface area contributed by atoms with Gasteiger partial charge in [0.1, 0.15) is 12.4 Å². The Hall–Kier alpha value is -2.62. The predicted molar refractivity (Wildman–Crippen MR) is 153 cm³/mol. The Morgan fingerprint density at radius 1 is 0.943 bits per heavy atom. The Bertz CT molecular complexity index is 1460. The van der Waals surface area contributed by atoms with Crippen LogP contribution >= 0.6 is 50.3 Å². The van der Waals surface area contributed by atoms with E-state index in [0.717, 1.165) is 53.0 Å². The first-order valence-electron chi connectivity index (χ1n) is 10.9. The van der Waals surface area contributed by atoms with Gasteiger partial charge in [0.2, 0.25) is 0 Å². The van der Waals surface area contributed by atoms with Gasteiger partial charge in [-0.2, -0.15) is 0 Å². The van der Waals surface area contributed by atoms with Gasteiger partial charge >= 0.3 is 0 Å². The van der Waals surface area contributed by atoms with Crippen LogP contribution in [-0.4, -0.2) is 16.0 Å². The summed E-state index contributed by atoms with van der Waals surface area (Å²) in [5.74, 6) is 0.508. The lowest BCUT2D eigenvalue weighted by molar-refractivity contribution is -0.123. The lowest BCUT2D eigenvalue weighted by Crippen LogP contribution is -2.27. The van der Waals surface area contributed by atoms with E-state index in [-0.39, 0.29) is 17.7 Å². The van der Waals surface area contributed by atoms with E-state index in [4.69, 9.17) is 4.74 Å².